The van der Waals surface area contributed by atoms with Crippen LogP contribution >= 0.6 is 0 Å². The van der Waals surface area contributed by atoms with Gasteiger partial charge in [-0.2, -0.15) is 8.42 Å². The van der Waals surface area contributed by atoms with E-state index >= 15 is 0 Å². The molecular formula is C7H14O5S. The van der Waals surface area contributed by atoms with Crippen LogP contribution in [0.2, 0.25) is 0 Å². The third-order valence-electron chi connectivity index (χ3n) is 1.18. The average molecular weight is 210 g/mol. The van der Waals surface area contributed by atoms with E-state index in [2.05, 4.69) is 8.92 Å². The number of ether oxygens (including phenoxy) is 1. The number of hydrogen-bond acceptors (Lipinski definition) is 5. The molecule has 0 aliphatic carbocycles. The van der Waals surface area contributed by atoms with Crippen molar-refractivity contribution in [2.24, 2.45) is 0 Å². The maximum Gasteiger partial charge on any atom is 0.305 e. The summed E-state index contributed by atoms with van der Waals surface area (Å²) in [6.45, 7) is 3.17. The lowest BCUT2D eigenvalue weighted by Crippen LogP contribution is -2.17. The van der Waals surface area contributed by atoms with E-state index < -0.39 is 16.1 Å². The summed E-state index contributed by atoms with van der Waals surface area (Å²) >= 11 is 0. The van der Waals surface area contributed by atoms with Crippen molar-refractivity contribution in [1.82, 2.24) is 0 Å². The smallest absolute Gasteiger partial charge is 0.305 e. The molecular weight excluding hydrogens is 196 g/mol. The van der Waals surface area contributed by atoms with Crippen LogP contribution in [0.3, 0.4) is 0 Å². The molecule has 13 heavy (non-hydrogen) atoms. The summed E-state index contributed by atoms with van der Waals surface area (Å²) in [5, 5.41) is 0. The molecule has 0 radical (unpaired) electrons. The zero-order valence-corrected chi connectivity index (χ0v) is 8.59. The zero-order valence-electron chi connectivity index (χ0n) is 7.78. The van der Waals surface area contributed by atoms with Crippen LogP contribution in [0.15, 0.2) is 0 Å². The van der Waals surface area contributed by atoms with Gasteiger partial charge in [0.05, 0.1) is 6.61 Å². The molecule has 0 fully saturated rings. The van der Waals surface area contributed by atoms with Crippen molar-refractivity contribution in [2.75, 3.05) is 19.0 Å². The molecule has 5 nitrogen and oxygen atoms in total. The number of hydrogen-bond donors (Lipinski definition) is 0. The number of carbonyl (C=O) groups excluding carboxylic acids is 1. The molecule has 0 aromatic carbocycles. The van der Waals surface area contributed by atoms with Crippen molar-refractivity contribution in [1.29, 1.82) is 0 Å². The standard InChI is InChI=1S/C7H14O5S/c1-3-7(8)11-5-6-13(9,10)12-4-2/h3-6H2,1-2H3. The van der Waals surface area contributed by atoms with E-state index in [1.807, 2.05) is 0 Å². The van der Waals surface area contributed by atoms with Gasteiger partial charge in [0.15, 0.2) is 0 Å². The van der Waals surface area contributed by atoms with E-state index in [1.165, 1.54) is 0 Å². The minimum absolute atomic E-state index is 0.101. The van der Waals surface area contributed by atoms with Gasteiger partial charge < -0.3 is 4.74 Å². The molecule has 0 aliphatic rings. The lowest BCUT2D eigenvalue weighted by molar-refractivity contribution is -0.142. The van der Waals surface area contributed by atoms with E-state index in [0.29, 0.717) is 0 Å². The van der Waals surface area contributed by atoms with E-state index in [-0.39, 0.29) is 25.4 Å². The Kier molecular flexibility index (Phi) is 5.65. The van der Waals surface area contributed by atoms with Crippen molar-refractivity contribution in [3.8, 4) is 0 Å². The first-order valence-corrected chi connectivity index (χ1v) is 5.62. The Hall–Kier alpha value is -0.620. The molecule has 0 aliphatic heterocycles. The lowest BCUT2D eigenvalue weighted by Gasteiger charge is -2.03. The molecule has 0 bridgehead atoms. The Bertz CT molecular complexity index is 244. The van der Waals surface area contributed by atoms with Gasteiger partial charge in [0.1, 0.15) is 12.4 Å². The molecule has 0 heterocycles. The predicted octanol–water partition coefficient (Wildman–Crippen LogP) is 0.306. The Morgan fingerprint density at radius 3 is 2.38 bits per heavy atom. The van der Waals surface area contributed by atoms with E-state index in [9.17, 15) is 13.2 Å². The fraction of sp³-hybridized carbons (Fsp3) is 0.857. The Morgan fingerprint density at radius 1 is 1.31 bits per heavy atom. The van der Waals surface area contributed by atoms with Crippen LogP contribution in [-0.4, -0.2) is 33.4 Å². The molecule has 0 amide bonds. The van der Waals surface area contributed by atoms with Gasteiger partial charge in [-0.1, -0.05) is 6.92 Å². The van der Waals surface area contributed by atoms with Crippen molar-refractivity contribution in [2.45, 2.75) is 20.3 Å². The van der Waals surface area contributed by atoms with Gasteiger partial charge in [-0.05, 0) is 6.92 Å². The molecule has 0 aromatic heterocycles. The topological polar surface area (TPSA) is 69.7 Å². The van der Waals surface area contributed by atoms with E-state index in [4.69, 9.17) is 0 Å². The highest BCUT2D eigenvalue weighted by Crippen LogP contribution is 1.94. The predicted molar refractivity (Wildman–Crippen MR) is 46.7 cm³/mol. The second-order valence-corrected chi connectivity index (χ2v) is 4.00. The maximum absolute atomic E-state index is 10.9. The van der Waals surface area contributed by atoms with Crippen LogP contribution in [0.25, 0.3) is 0 Å². The number of esters is 1. The van der Waals surface area contributed by atoms with Crippen LogP contribution in [0, 0.1) is 0 Å². The summed E-state index contributed by atoms with van der Waals surface area (Å²) in [5.74, 6) is -0.696. The first kappa shape index (κ1) is 12.4. The Labute approximate surface area is 78.2 Å². The molecule has 6 heteroatoms. The van der Waals surface area contributed by atoms with E-state index in [1.54, 1.807) is 13.8 Å². The SMILES string of the molecule is CCOS(=O)(=O)CCOC(=O)CC. The summed E-state index contributed by atoms with van der Waals surface area (Å²) in [7, 11) is -3.51. The molecule has 0 N–H and O–H groups in total. The summed E-state index contributed by atoms with van der Waals surface area (Å²) in [6.07, 6.45) is 0.245. The van der Waals surface area contributed by atoms with Gasteiger partial charge in [-0.3, -0.25) is 8.98 Å². The van der Waals surface area contributed by atoms with Gasteiger partial charge in [-0.15, -0.1) is 0 Å². The van der Waals surface area contributed by atoms with Crippen molar-refractivity contribution in [3.05, 3.63) is 0 Å². The quantitative estimate of drug-likeness (QED) is 0.466. The van der Waals surface area contributed by atoms with Crippen molar-refractivity contribution < 1.29 is 22.1 Å². The highest BCUT2D eigenvalue weighted by Gasteiger charge is 2.10. The van der Waals surface area contributed by atoms with Gasteiger partial charge in [0.25, 0.3) is 10.1 Å². The van der Waals surface area contributed by atoms with Gasteiger partial charge in [-0.25, -0.2) is 0 Å². The summed E-state index contributed by atoms with van der Waals surface area (Å²) in [4.78, 5) is 10.6. The molecule has 0 spiro atoms. The third-order valence-corrected chi connectivity index (χ3v) is 2.44. The van der Waals surface area contributed by atoms with Crippen LogP contribution in [0.1, 0.15) is 20.3 Å². The lowest BCUT2D eigenvalue weighted by atomic mass is 10.5. The Morgan fingerprint density at radius 2 is 1.92 bits per heavy atom. The van der Waals surface area contributed by atoms with Crippen LogP contribution in [-0.2, 0) is 23.8 Å². The van der Waals surface area contributed by atoms with Crippen molar-refractivity contribution in [3.63, 3.8) is 0 Å². The molecule has 0 unspecified atom stereocenters. The average Bonchev–Trinajstić information content (AvgIpc) is 2.03. The van der Waals surface area contributed by atoms with Crippen LogP contribution in [0.5, 0.6) is 0 Å². The molecule has 0 saturated carbocycles. The van der Waals surface area contributed by atoms with Gasteiger partial charge in [0.2, 0.25) is 0 Å². The first-order valence-electron chi connectivity index (χ1n) is 4.04. The molecule has 0 rings (SSSR count). The fourth-order valence-corrected chi connectivity index (χ4v) is 1.36. The van der Waals surface area contributed by atoms with Crippen LogP contribution in [0.4, 0.5) is 0 Å². The number of carbonyl (C=O) groups is 1. The first-order chi connectivity index (χ1) is 6.02. The zero-order chi connectivity index (χ0) is 10.3. The molecule has 0 aromatic rings. The minimum atomic E-state index is -3.51. The maximum atomic E-state index is 10.9. The largest absolute Gasteiger partial charge is 0.465 e. The minimum Gasteiger partial charge on any atom is -0.465 e. The second kappa shape index (κ2) is 5.93. The van der Waals surface area contributed by atoms with Crippen molar-refractivity contribution >= 4 is 16.1 Å². The van der Waals surface area contributed by atoms with Gasteiger partial charge in [0, 0.05) is 6.42 Å². The number of rotatable bonds is 6. The summed E-state index contributed by atoms with van der Waals surface area (Å²) in [5.41, 5.74) is 0. The van der Waals surface area contributed by atoms with Gasteiger partial charge >= 0.3 is 5.97 Å². The Balaban J connectivity index is 3.70. The second-order valence-electron chi connectivity index (χ2n) is 2.24. The molecule has 0 atom stereocenters. The highest BCUT2D eigenvalue weighted by atomic mass is 32.2. The molecule has 78 valence electrons. The summed E-state index contributed by atoms with van der Waals surface area (Å²) in [6, 6.07) is 0. The summed E-state index contributed by atoms with van der Waals surface area (Å²) < 4.78 is 30.8. The normalized spacial score (nSPS) is 11.2. The van der Waals surface area contributed by atoms with Crippen LogP contribution < -0.4 is 0 Å². The fourth-order valence-electron chi connectivity index (χ4n) is 0.598. The van der Waals surface area contributed by atoms with E-state index in [0.717, 1.165) is 0 Å². The monoisotopic (exact) mass is 210 g/mol. The molecule has 0 saturated heterocycles. The third kappa shape index (κ3) is 6.53. The highest BCUT2D eigenvalue weighted by molar-refractivity contribution is 7.86.